The topological polar surface area (TPSA) is 46.5 Å². The highest BCUT2D eigenvalue weighted by Gasteiger charge is 2.42. The molecule has 3 heteroatoms. The smallest absolute Gasteiger partial charge is 0.314 e. The van der Waals surface area contributed by atoms with Gasteiger partial charge in [-0.2, -0.15) is 0 Å². The highest BCUT2D eigenvalue weighted by atomic mass is 16.5. The molecule has 1 saturated heterocycles. The average molecular weight is 172 g/mol. The summed E-state index contributed by atoms with van der Waals surface area (Å²) < 4.78 is 4.92. The molecule has 1 heterocycles. The molecular weight excluding hydrogens is 156 g/mol. The Balaban J connectivity index is 2.72. The maximum Gasteiger partial charge on any atom is 0.314 e. The second-order valence-corrected chi connectivity index (χ2v) is 3.58. The van der Waals surface area contributed by atoms with Crippen molar-refractivity contribution in [1.29, 1.82) is 0 Å². The molecule has 0 aromatic carbocycles. The predicted molar refractivity (Wildman–Crippen MR) is 44.6 cm³/mol. The second kappa shape index (κ2) is 3.44. The molecule has 1 aliphatic heterocycles. The SMILES string of the molecule is CC[C@@H](O)[C@@]1(C)CCCOC1=O. The number of aliphatic hydroxyl groups is 1. The van der Waals surface area contributed by atoms with Crippen LogP contribution in [0.2, 0.25) is 0 Å². The van der Waals surface area contributed by atoms with Crippen LogP contribution in [-0.4, -0.2) is 23.8 Å². The Kier molecular flexibility index (Phi) is 2.73. The van der Waals surface area contributed by atoms with Crippen LogP contribution in [0.4, 0.5) is 0 Å². The molecule has 0 amide bonds. The van der Waals surface area contributed by atoms with E-state index in [1.54, 1.807) is 6.92 Å². The fourth-order valence-electron chi connectivity index (χ4n) is 1.62. The first-order valence-electron chi connectivity index (χ1n) is 4.46. The first kappa shape index (κ1) is 9.52. The number of ether oxygens (including phenoxy) is 1. The number of hydrogen-bond donors (Lipinski definition) is 1. The predicted octanol–water partition coefficient (Wildman–Crippen LogP) is 1.10. The molecule has 1 aliphatic rings. The van der Waals surface area contributed by atoms with Crippen LogP contribution in [0, 0.1) is 5.41 Å². The van der Waals surface area contributed by atoms with Crippen molar-refractivity contribution >= 4 is 5.97 Å². The lowest BCUT2D eigenvalue weighted by molar-refractivity contribution is -0.169. The Morgan fingerprint density at radius 1 is 1.75 bits per heavy atom. The molecule has 0 aliphatic carbocycles. The van der Waals surface area contributed by atoms with E-state index in [2.05, 4.69) is 0 Å². The van der Waals surface area contributed by atoms with E-state index in [-0.39, 0.29) is 5.97 Å². The Bertz CT molecular complexity index is 179. The minimum atomic E-state index is -0.660. The molecule has 3 nitrogen and oxygen atoms in total. The van der Waals surface area contributed by atoms with E-state index in [1.165, 1.54) is 0 Å². The van der Waals surface area contributed by atoms with Crippen LogP contribution in [-0.2, 0) is 9.53 Å². The van der Waals surface area contributed by atoms with Gasteiger partial charge in [-0.3, -0.25) is 4.79 Å². The maximum atomic E-state index is 11.3. The summed E-state index contributed by atoms with van der Waals surface area (Å²) in [5.74, 6) is -0.247. The van der Waals surface area contributed by atoms with E-state index in [9.17, 15) is 9.90 Å². The fraction of sp³-hybridized carbons (Fsp3) is 0.889. The normalized spacial score (nSPS) is 32.8. The third-order valence-corrected chi connectivity index (χ3v) is 2.66. The summed E-state index contributed by atoms with van der Waals surface area (Å²) in [7, 11) is 0. The Morgan fingerprint density at radius 3 is 2.92 bits per heavy atom. The van der Waals surface area contributed by atoms with Crippen LogP contribution in [0.1, 0.15) is 33.1 Å². The van der Waals surface area contributed by atoms with Crippen molar-refractivity contribution in [3.05, 3.63) is 0 Å². The zero-order valence-corrected chi connectivity index (χ0v) is 7.67. The molecule has 1 N–H and O–H groups in total. The monoisotopic (exact) mass is 172 g/mol. The van der Waals surface area contributed by atoms with E-state index < -0.39 is 11.5 Å². The van der Waals surface area contributed by atoms with E-state index >= 15 is 0 Å². The average Bonchev–Trinajstić information content (AvgIpc) is 2.09. The van der Waals surface area contributed by atoms with Crippen molar-refractivity contribution in [2.24, 2.45) is 5.41 Å². The van der Waals surface area contributed by atoms with Crippen molar-refractivity contribution < 1.29 is 14.6 Å². The van der Waals surface area contributed by atoms with E-state index in [0.717, 1.165) is 12.8 Å². The number of aliphatic hydroxyl groups excluding tert-OH is 1. The van der Waals surface area contributed by atoms with Crippen LogP contribution < -0.4 is 0 Å². The second-order valence-electron chi connectivity index (χ2n) is 3.58. The van der Waals surface area contributed by atoms with Gasteiger partial charge in [0, 0.05) is 0 Å². The third kappa shape index (κ3) is 1.46. The lowest BCUT2D eigenvalue weighted by Gasteiger charge is -2.34. The lowest BCUT2D eigenvalue weighted by Crippen LogP contribution is -2.43. The van der Waals surface area contributed by atoms with E-state index in [4.69, 9.17) is 4.74 Å². The van der Waals surface area contributed by atoms with Crippen molar-refractivity contribution in [3.63, 3.8) is 0 Å². The Hall–Kier alpha value is -0.570. The van der Waals surface area contributed by atoms with Gasteiger partial charge in [-0.05, 0) is 26.2 Å². The minimum Gasteiger partial charge on any atom is -0.465 e. The van der Waals surface area contributed by atoms with E-state index in [1.807, 2.05) is 6.92 Å². The summed E-state index contributed by atoms with van der Waals surface area (Å²) in [6.45, 7) is 4.16. The molecule has 2 atom stereocenters. The number of carbonyl (C=O) groups excluding carboxylic acids is 1. The van der Waals surface area contributed by atoms with Gasteiger partial charge in [0.1, 0.15) is 0 Å². The molecule has 0 unspecified atom stereocenters. The fourth-order valence-corrected chi connectivity index (χ4v) is 1.62. The number of carbonyl (C=O) groups is 1. The van der Waals surface area contributed by atoms with Gasteiger partial charge in [-0.15, -0.1) is 0 Å². The maximum absolute atomic E-state index is 11.3. The lowest BCUT2D eigenvalue weighted by atomic mass is 9.78. The van der Waals surface area contributed by atoms with Gasteiger partial charge in [0.2, 0.25) is 0 Å². The van der Waals surface area contributed by atoms with Crippen LogP contribution in [0.5, 0.6) is 0 Å². The summed E-state index contributed by atoms with van der Waals surface area (Å²) >= 11 is 0. The van der Waals surface area contributed by atoms with Crippen molar-refractivity contribution in [1.82, 2.24) is 0 Å². The molecule has 0 spiro atoms. The molecule has 12 heavy (non-hydrogen) atoms. The first-order chi connectivity index (χ1) is 5.61. The summed E-state index contributed by atoms with van der Waals surface area (Å²) in [6, 6.07) is 0. The van der Waals surface area contributed by atoms with Gasteiger partial charge in [0.25, 0.3) is 0 Å². The largest absolute Gasteiger partial charge is 0.465 e. The van der Waals surface area contributed by atoms with Crippen LogP contribution in [0.15, 0.2) is 0 Å². The third-order valence-electron chi connectivity index (χ3n) is 2.66. The molecule has 0 bridgehead atoms. The van der Waals surface area contributed by atoms with Gasteiger partial charge in [0.15, 0.2) is 0 Å². The van der Waals surface area contributed by atoms with Crippen molar-refractivity contribution in [2.45, 2.75) is 39.2 Å². The quantitative estimate of drug-likeness (QED) is 0.634. The van der Waals surface area contributed by atoms with Crippen LogP contribution in [0.3, 0.4) is 0 Å². The number of cyclic esters (lactones) is 1. The number of esters is 1. The Morgan fingerprint density at radius 2 is 2.42 bits per heavy atom. The minimum absolute atomic E-state index is 0.247. The molecule has 1 fully saturated rings. The molecular formula is C9H16O3. The van der Waals surface area contributed by atoms with Crippen molar-refractivity contribution in [3.8, 4) is 0 Å². The molecule has 1 rings (SSSR count). The Labute approximate surface area is 72.7 Å². The standard InChI is InChI=1S/C9H16O3/c1-3-7(10)9(2)5-4-6-12-8(9)11/h7,10H,3-6H2,1-2H3/t7-,9-/m1/s1. The first-order valence-corrected chi connectivity index (χ1v) is 4.46. The summed E-state index contributed by atoms with van der Waals surface area (Å²) in [4.78, 5) is 11.3. The molecule has 0 radical (unpaired) electrons. The van der Waals surface area contributed by atoms with Crippen molar-refractivity contribution in [2.75, 3.05) is 6.61 Å². The van der Waals surface area contributed by atoms with Gasteiger partial charge < -0.3 is 9.84 Å². The number of rotatable bonds is 2. The molecule has 0 aromatic rings. The van der Waals surface area contributed by atoms with Gasteiger partial charge >= 0.3 is 5.97 Å². The highest BCUT2D eigenvalue weighted by Crippen LogP contribution is 2.34. The molecule has 0 aromatic heterocycles. The van der Waals surface area contributed by atoms with Crippen LogP contribution >= 0.6 is 0 Å². The summed E-state index contributed by atoms with van der Waals surface area (Å²) in [5.41, 5.74) is -0.660. The zero-order chi connectivity index (χ0) is 9.19. The molecule has 0 saturated carbocycles. The zero-order valence-electron chi connectivity index (χ0n) is 7.67. The van der Waals surface area contributed by atoms with Crippen LogP contribution in [0.25, 0.3) is 0 Å². The van der Waals surface area contributed by atoms with Gasteiger partial charge in [-0.1, -0.05) is 6.92 Å². The summed E-state index contributed by atoms with van der Waals surface area (Å²) in [5, 5.41) is 9.61. The van der Waals surface area contributed by atoms with Gasteiger partial charge in [-0.25, -0.2) is 0 Å². The highest BCUT2D eigenvalue weighted by molar-refractivity contribution is 5.77. The summed E-state index contributed by atoms with van der Waals surface area (Å²) in [6.07, 6.45) is 1.64. The van der Waals surface area contributed by atoms with Gasteiger partial charge in [0.05, 0.1) is 18.1 Å². The number of hydrogen-bond acceptors (Lipinski definition) is 3. The van der Waals surface area contributed by atoms with E-state index in [0.29, 0.717) is 13.0 Å². The molecule has 70 valence electrons.